The number of carbonyl (C=O) groups is 1. The van der Waals surface area contributed by atoms with Gasteiger partial charge in [-0.3, -0.25) is 0 Å². The van der Waals surface area contributed by atoms with Gasteiger partial charge in [-0.2, -0.15) is 0 Å². The summed E-state index contributed by atoms with van der Waals surface area (Å²) in [6, 6.07) is 21.9. The number of hydrogen-bond donors (Lipinski definition) is 0. The van der Waals surface area contributed by atoms with E-state index in [0.717, 1.165) is 37.5 Å². The molecule has 6 heteroatoms. The Labute approximate surface area is 226 Å². The number of esters is 1. The Hall–Kier alpha value is -2.51. The summed E-state index contributed by atoms with van der Waals surface area (Å²) >= 11 is 8.62. The number of hydrogen-bond acceptors (Lipinski definition) is 4. The molecule has 0 aliphatic rings. The van der Waals surface area contributed by atoms with Crippen LogP contribution in [0, 0.1) is 0 Å². The van der Waals surface area contributed by atoms with E-state index in [0.29, 0.717) is 19.0 Å². The number of benzene rings is 3. The van der Waals surface area contributed by atoms with Gasteiger partial charge in [-0.25, -0.2) is 4.79 Å². The molecule has 0 aliphatic carbocycles. The largest absolute Gasteiger partial charge is 0.490 e. The Morgan fingerprint density at radius 1 is 0.971 bits per heavy atom. The van der Waals surface area contributed by atoms with E-state index in [1.807, 2.05) is 24.3 Å². The van der Waals surface area contributed by atoms with Crippen molar-refractivity contribution in [3.05, 3.63) is 89.0 Å². The van der Waals surface area contributed by atoms with Gasteiger partial charge in [-0.05, 0) is 98.0 Å². The molecule has 0 bridgehead atoms. The first kappa shape index (κ1) is 27.1. The number of carbonyl (C=O) groups excluding carboxylic acids is 1. The topological polar surface area (TPSA) is 44.8 Å². The zero-order chi connectivity index (χ0) is 25.4. The van der Waals surface area contributed by atoms with E-state index >= 15 is 0 Å². The first-order chi connectivity index (χ1) is 16.7. The Morgan fingerprint density at radius 3 is 2.26 bits per heavy atom. The third-order valence-electron chi connectivity index (χ3n) is 5.39. The molecule has 3 rings (SSSR count). The van der Waals surface area contributed by atoms with Crippen LogP contribution in [0.3, 0.4) is 0 Å². The second-order valence-electron chi connectivity index (χ2n) is 8.56. The van der Waals surface area contributed by atoms with Crippen LogP contribution < -0.4 is 9.47 Å². The molecule has 184 valence electrons. The summed E-state index contributed by atoms with van der Waals surface area (Å²) in [7, 11) is 0. The molecule has 0 N–H and O–H groups in total. The molecule has 0 saturated heterocycles. The standard InChI is InChI=1S/C29H30ClIO4/c1-5-33-28(32)29(3,4)35-27-12-10-26(11-13-27)34-15-14-20(2)22-6-8-23(9-7-22)24-16-21(19-31)17-25(30)18-24/h6-14,16-18H,5,15,19H2,1-4H3/b20-14+. The van der Waals surface area contributed by atoms with Crippen LogP contribution in [0.1, 0.15) is 38.8 Å². The minimum Gasteiger partial charge on any atom is -0.490 e. The van der Waals surface area contributed by atoms with Gasteiger partial charge < -0.3 is 14.2 Å². The van der Waals surface area contributed by atoms with E-state index in [1.54, 1.807) is 32.9 Å². The molecule has 0 aromatic heterocycles. The van der Waals surface area contributed by atoms with Crippen molar-refractivity contribution in [1.29, 1.82) is 0 Å². The highest BCUT2D eigenvalue weighted by Gasteiger charge is 2.31. The molecule has 0 amide bonds. The third kappa shape index (κ3) is 7.74. The lowest BCUT2D eigenvalue weighted by atomic mass is 10.00. The molecule has 35 heavy (non-hydrogen) atoms. The highest BCUT2D eigenvalue weighted by atomic mass is 127. The molecule has 0 saturated carbocycles. The summed E-state index contributed by atoms with van der Waals surface area (Å²) in [5, 5.41) is 0.758. The zero-order valence-corrected chi connectivity index (χ0v) is 23.4. The lowest BCUT2D eigenvalue weighted by Crippen LogP contribution is -2.39. The number of ether oxygens (including phenoxy) is 3. The van der Waals surface area contributed by atoms with Crippen molar-refractivity contribution in [3.8, 4) is 22.6 Å². The minimum absolute atomic E-state index is 0.316. The molecule has 4 nitrogen and oxygen atoms in total. The molecule has 0 unspecified atom stereocenters. The van der Waals surface area contributed by atoms with Crippen molar-refractivity contribution in [1.82, 2.24) is 0 Å². The number of allylic oxidation sites excluding steroid dienone is 1. The second-order valence-corrected chi connectivity index (χ2v) is 9.76. The van der Waals surface area contributed by atoms with Crippen molar-refractivity contribution in [2.45, 2.75) is 37.7 Å². The monoisotopic (exact) mass is 604 g/mol. The zero-order valence-electron chi connectivity index (χ0n) is 20.4. The van der Waals surface area contributed by atoms with Crippen LogP contribution in [0.4, 0.5) is 0 Å². The summed E-state index contributed by atoms with van der Waals surface area (Å²) in [5.41, 5.74) is 4.69. The smallest absolute Gasteiger partial charge is 0.349 e. The fraction of sp³-hybridized carbons (Fsp3) is 0.276. The summed E-state index contributed by atoms with van der Waals surface area (Å²) in [5.74, 6) is 0.900. The maximum absolute atomic E-state index is 12.0. The van der Waals surface area contributed by atoms with Crippen LogP contribution in [-0.4, -0.2) is 24.8 Å². The van der Waals surface area contributed by atoms with E-state index in [4.69, 9.17) is 25.8 Å². The predicted molar refractivity (Wildman–Crippen MR) is 152 cm³/mol. The van der Waals surface area contributed by atoms with Crippen molar-refractivity contribution >= 4 is 45.7 Å². The van der Waals surface area contributed by atoms with Gasteiger partial charge in [0.15, 0.2) is 5.60 Å². The molecule has 3 aromatic carbocycles. The summed E-state index contributed by atoms with van der Waals surface area (Å²) in [6.45, 7) is 7.97. The van der Waals surface area contributed by atoms with Crippen molar-refractivity contribution in [2.75, 3.05) is 13.2 Å². The second kappa shape index (κ2) is 12.5. The van der Waals surface area contributed by atoms with Crippen molar-refractivity contribution in [2.24, 2.45) is 0 Å². The fourth-order valence-corrected chi connectivity index (χ4v) is 4.14. The normalized spacial score (nSPS) is 11.8. The number of alkyl halides is 1. The maximum atomic E-state index is 12.0. The van der Waals surface area contributed by atoms with E-state index in [-0.39, 0.29) is 0 Å². The van der Waals surface area contributed by atoms with Crippen molar-refractivity contribution in [3.63, 3.8) is 0 Å². The Balaban J connectivity index is 1.58. The lowest BCUT2D eigenvalue weighted by molar-refractivity contribution is -0.158. The molecule has 0 heterocycles. The van der Waals surface area contributed by atoms with Gasteiger partial charge in [-0.1, -0.05) is 64.5 Å². The molecule has 0 fully saturated rings. The summed E-state index contributed by atoms with van der Waals surface area (Å²) < 4.78 is 17.6. The summed E-state index contributed by atoms with van der Waals surface area (Å²) in [4.78, 5) is 12.0. The lowest BCUT2D eigenvalue weighted by Gasteiger charge is -2.24. The highest BCUT2D eigenvalue weighted by molar-refractivity contribution is 14.1. The van der Waals surface area contributed by atoms with Crippen LogP contribution in [0.15, 0.2) is 72.8 Å². The first-order valence-electron chi connectivity index (χ1n) is 11.4. The van der Waals surface area contributed by atoms with Gasteiger partial charge in [0.1, 0.15) is 18.1 Å². The van der Waals surface area contributed by atoms with Crippen LogP contribution in [0.5, 0.6) is 11.5 Å². The quantitative estimate of drug-likeness (QED) is 0.133. The average molecular weight is 605 g/mol. The molecule has 0 radical (unpaired) electrons. The van der Waals surface area contributed by atoms with Crippen LogP contribution in [0.25, 0.3) is 16.7 Å². The molecular weight excluding hydrogens is 575 g/mol. The SMILES string of the molecule is CCOC(=O)C(C)(C)Oc1ccc(OC/C=C(\C)c2ccc(-c3cc(Cl)cc(CI)c3)cc2)cc1. The third-order valence-corrected chi connectivity index (χ3v) is 6.49. The number of halogens is 2. The first-order valence-corrected chi connectivity index (χ1v) is 13.3. The molecule has 0 atom stereocenters. The van der Waals surface area contributed by atoms with E-state index in [1.165, 1.54) is 5.56 Å². The maximum Gasteiger partial charge on any atom is 0.349 e. The highest BCUT2D eigenvalue weighted by Crippen LogP contribution is 2.28. The predicted octanol–water partition coefficient (Wildman–Crippen LogP) is 8.14. The molecule has 3 aromatic rings. The molecular formula is C29H30ClIO4. The average Bonchev–Trinajstić information content (AvgIpc) is 2.84. The van der Waals surface area contributed by atoms with Crippen LogP contribution in [0.2, 0.25) is 5.02 Å². The van der Waals surface area contributed by atoms with Gasteiger partial charge in [0.25, 0.3) is 0 Å². The Bertz CT molecular complexity index is 1170. The van der Waals surface area contributed by atoms with Gasteiger partial charge in [-0.15, -0.1) is 0 Å². The number of rotatable bonds is 10. The van der Waals surface area contributed by atoms with E-state index in [2.05, 4.69) is 65.9 Å². The fourth-order valence-electron chi connectivity index (χ4n) is 3.45. The van der Waals surface area contributed by atoms with Crippen LogP contribution in [-0.2, 0) is 14.0 Å². The van der Waals surface area contributed by atoms with Gasteiger partial charge in [0, 0.05) is 9.45 Å². The minimum atomic E-state index is -1.06. The van der Waals surface area contributed by atoms with Gasteiger partial charge >= 0.3 is 5.97 Å². The van der Waals surface area contributed by atoms with Crippen LogP contribution >= 0.6 is 34.2 Å². The van der Waals surface area contributed by atoms with E-state index < -0.39 is 11.6 Å². The van der Waals surface area contributed by atoms with Crippen molar-refractivity contribution < 1.29 is 19.0 Å². The Morgan fingerprint density at radius 2 is 1.63 bits per heavy atom. The summed E-state index contributed by atoms with van der Waals surface area (Å²) in [6.07, 6.45) is 2.05. The van der Waals surface area contributed by atoms with E-state index in [9.17, 15) is 4.79 Å². The molecule has 0 aliphatic heterocycles. The Kier molecular flexibility index (Phi) is 9.63. The van der Waals surface area contributed by atoms with Gasteiger partial charge in [0.05, 0.1) is 6.61 Å². The van der Waals surface area contributed by atoms with Gasteiger partial charge in [0.2, 0.25) is 0 Å². The molecule has 0 spiro atoms.